The molecule has 2 aliphatic rings. The number of rotatable bonds is 3. The minimum atomic E-state index is -0.361. The van der Waals surface area contributed by atoms with Crippen molar-refractivity contribution in [1.82, 2.24) is 10.1 Å². The van der Waals surface area contributed by atoms with Crippen LogP contribution in [0.5, 0.6) is 0 Å². The number of nitrogens with zero attached hydrogens (tertiary/aromatic N) is 2. The number of carbonyl (C=O) groups excluding carboxylic acids is 1. The lowest BCUT2D eigenvalue weighted by Crippen LogP contribution is -2.49. The van der Waals surface area contributed by atoms with Gasteiger partial charge in [0.2, 0.25) is 5.76 Å². The van der Waals surface area contributed by atoms with Gasteiger partial charge in [-0.15, -0.1) is 0 Å². The first-order chi connectivity index (χ1) is 12.5. The quantitative estimate of drug-likeness (QED) is 0.920. The molecule has 1 saturated heterocycles. The Kier molecular flexibility index (Phi) is 4.35. The number of amides is 1. The number of benzene rings is 1. The summed E-state index contributed by atoms with van der Waals surface area (Å²) < 4.78 is 5.28. The van der Waals surface area contributed by atoms with Crippen LogP contribution in [-0.4, -0.2) is 40.3 Å². The Hall–Kier alpha value is -2.14. The number of aliphatic hydroxyl groups is 1. The van der Waals surface area contributed by atoms with Crippen molar-refractivity contribution in [1.29, 1.82) is 0 Å². The zero-order valence-electron chi connectivity index (χ0n) is 15.4. The van der Waals surface area contributed by atoms with Gasteiger partial charge >= 0.3 is 0 Å². The van der Waals surface area contributed by atoms with E-state index >= 15 is 0 Å². The van der Waals surface area contributed by atoms with Crippen LogP contribution in [0.2, 0.25) is 0 Å². The van der Waals surface area contributed by atoms with E-state index in [-0.39, 0.29) is 17.4 Å². The molecular formula is C21H26N2O3. The summed E-state index contributed by atoms with van der Waals surface area (Å²) in [5.41, 5.74) is 3.13. The summed E-state index contributed by atoms with van der Waals surface area (Å²) in [5, 5.41) is 14.7. The molecule has 5 nitrogen and oxygen atoms in total. The van der Waals surface area contributed by atoms with Crippen molar-refractivity contribution in [3.63, 3.8) is 0 Å². The van der Waals surface area contributed by atoms with E-state index in [1.165, 1.54) is 11.1 Å². The summed E-state index contributed by atoms with van der Waals surface area (Å²) in [6.45, 7) is 5.49. The zero-order chi connectivity index (χ0) is 18.3. The fraction of sp³-hybridized carbons (Fsp3) is 0.524. The molecule has 0 bridgehead atoms. The minimum Gasteiger partial charge on any atom is -0.392 e. The number of carbonyl (C=O) groups is 1. The summed E-state index contributed by atoms with van der Waals surface area (Å²) in [7, 11) is 0. The lowest BCUT2D eigenvalue weighted by atomic mass is 9.72. The van der Waals surface area contributed by atoms with E-state index < -0.39 is 0 Å². The maximum absolute atomic E-state index is 12.8. The van der Waals surface area contributed by atoms with E-state index in [0.717, 1.165) is 25.0 Å². The average Bonchev–Trinajstić information content (AvgIpc) is 3.19. The highest BCUT2D eigenvalue weighted by molar-refractivity contribution is 5.91. The molecule has 4 rings (SSSR count). The number of piperidine rings is 1. The van der Waals surface area contributed by atoms with E-state index in [2.05, 4.69) is 31.1 Å². The van der Waals surface area contributed by atoms with Gasteiger partial charge in [0.05, 0.1) is 11.8 Å². The van der Waals surface area contributed by atoms with Crippen LogP contribution < -0.4 is 0 Å². The van der Waals surface area contributed by atoms with E-state index in [4.69, 9.17) is 4.52 Å². The molecule has 0 saturated carbocycles. The topological polar surface area (TPSA) is 66.6 Å². The van der Waals surface area contributed by atoms with Gasteiger partial charge in [0, 0.05) is 24.6 Å². The van der Waals surface area contributed by atoms with Crippen LogP contribution >= 0.6 is 0 Å². The second kappa shape index (κ2) is 6.54. The molecule has 1 aromatic heterocycles. The van der Waals surface area contributed by atoms with Crippen LogP contribution in [0.4, 0.5) is 0 Å². The molecule has 1 N–H and O–H groups in total. The van der Waals surface area contributed by atoms with Crippen LogP contribution in [0.15, 0.2) is 34.9 Å². The van der Waals surface area contributed by atoms with Crippen LogP contribution in [0.25, 0.3) is 0 Å². The molecule has 1 amide bonds. The predicted octanol–water partition coefficient (Wildman–Crippen LogP) is 2.96. The second-order valence-corrected chi connectivity index (χ2v) is 8.11. The van der Waals surface area contributed by atoms with Gasteiger partial charge in [-0.05, 0) is 42.7 Å². The highest BCUT2D eigenvalue weighted by Crippen LogP contribution is 2.46. The first-order valence-electron chi connectivity index (χ1n) is 9.51. The molecule has 2 heterocycles. The molecule has 1 aliphatic heterocycles. The minimum absolute atomic E-state index is 0.0943. The Morgan fingerprint density at radius 1 is 1.35 bits per heavy atom. The smallest absolute Gasteiger partial charge is 0.292 e. The first kappa shape index (κ1) is 17.3. The standard InChI is InChI=1S/C21H26N2O3/c1-14(2)11-16-13-18(26-22-16)20(25)23-9-7-21(8-10-23)17-6-4-3-5-15(17)12-19(21)24/h3-6,13-14,19,24H,7-12H2,1-2H3/t19-/m1/s1. The number of hydrogen-bond donors (Lipinski definition) is 1. The van der Waals surface area contributed by atoms with Crippen LogP contribution in [0.1, 0.15) is 54.1 Å². The first-order valence-corrected chi connectivity index (χ1v) is 9.51. The molecule has 2 aromatic rings. The zero-order valence-corrected chi connectivity index (χ0v) is 15.4. The average molecular weight is 354 g/mol. The molecule has 1 fully saturated rings. The van der Waals surface area contributed by atoms with Crippen LogP contribution in [0.3, 0.4) is 0 Å². The maximum Gasteiger partial charge on any atom is 0.292 e. The lowest BCUT2D eigenvalue weighted by molar-refractivity contribution is 0.0345. The fourth-order valence-corrected chi connectivity index (χ4v) is 4.56. The molecule has 1 spiro atoms. The van der Waals surface area contributed by atoms with Gasteiger partial charge in [-0.2, -0.15) is 0 Å². The fourth-order valence-electron chi connectivity index (χ4n) is 4.56. The van der Waals surface area contributed by atoms with Gasteiger partial charge in [0.15, 0.2) is 0 Å². The van der Waals surface area contributed by atoms with Crippen LogP contribution in [-0.2, 0) is 18.3 Å². The largest absolute Gasteiger partial charge is 0.392 e. The Balaban J connectivity index is 1.47. The van der Waals surface area contributed by atoms with Crippen molar-refractivity contribution in [2.75, 3.05) is 13.1 Å². The number of likely N-dealkylation sites (tertiary alicyclic amines) is 1. The highest BCUT2D eigenvalue weighted by Gasteiger charge is 2.48. The lowest BCUT2D eigenvalue weighted by Gasteiger charge is -2.41. The van der Waals surface area contributed by atoms with E-state index in [0.29, 0.717) is 31.2 Å². The third kappa shape index (κ3) is 2.84. The summed E-state index contributed by atoms with van der Waals surface area (Å²) in [4.78, 5) is 14.6. The Bertz CT molecular complexity index is 803. The normalized spacial score (nSPS) is 21.4. The molecule has 1 atom stereocenters. The monoisotopic (exact) mass is 354 g/mol. The van der Waals surface area contributed by atoms with Crippen molar-refractivity contribution in [2.45, 2.75) is 51.0 Å². The molecule has 26 heavy (non-hydrogen) atoms. The van der Waals surface area contributed by atoms with Crippen molar-refractivity contribution >= 4 is 5.91 Å². The molecule has 0 unspecified atom stereocenters. The molecule has 1 aromatic carbocycles. The van der Waals surface area contributed by atoms with E-state index in [1.54, 1.807) is 6.07 Å². The highest BCUT2D eigenvalue weighted by atomic mass is 16.5. The van der Waals surface area contributed by atoms with Gasteiger partial charge in [0.1, 0.15) is 0 Å². The Morgan fingerprint density at radius 3 is 2.81 bits per heavy atom. The van der Waals surface area contributed by atoms with E-state index in [1.807, 2.05) is 17.0 Å². The van der Waals surface area contributed by atoms with Gasteiger partial charge in [-0.25, -0.2) is 0 Å². The third-order valence-electron chi connectivity index (χ3n) is 5.93. The Labute approximate surface area is 154 Å². The second-order valence-electron chi connectivity index (χ2n) is 8.11. The van der Waals surface area contributed by atoms with Gasteiger partial charge in [-0.3, -0.25) is 4.79 Å². The molecule has 1 aliphatic carbocycles. The number of aromatic nitrogens is 1. The van der Waals surface area contributed by atoms with Crippen molar-refractivity contribution in [3.05, 3.63) is 52.9 Å². The number of hydrogen-bond acceptors (Lipinski definition) is 4. The number of aliphatic hydroxyl groups excluding tert-OH is 1. The van der Waals surface area contributed by atoms with Crippen molar-refractivity contribution in [3.8, 4) is 0 Å². The summed E-state index contributed by atoms with van der Waals surface area (Å²) in [6.07, 6.45) is 2.72. The SMILES string of the molecule is CC(C)Cc1cc(C(=O)N2CCC3(CC2)c2ccccc2C[C@H]3O)on1. The van der Waals surface area contributed by atoms with Gasteiger partial charge < -0.3 is 14.5 Å². The number of fused-ring (bicyclic) bond motifs is 2. The molecule has 5 heteroatoms. The molecule has 138 valence electrons. The summed E-state index contributed by atoms with van der Waals surface area (Å²) in [6, 6.07) is 10.1. The summed E-state index contributed by atoms with van der Waals surface area (Å²) in [5.74, 6) is 0.703. The van der Waals surface area contributed by atoms with Gasteiger partial charge in [0.25, 0.3) is 5.91 Å². The van der Waals surface area contributed by atoms with Crippen molar-refractivity contribution < 1.29 is 14.4 Å². The van der Waals surface area contributed by atoms with Gasteiger partial charge in [-0.1, -0.05) is 43.3 Å². The molecule has 0 radical (unpaired) electrons. The van der Waals surface area contributed by atoms with E-state index in [9.17, 15) is 9.90 Å². The van der Waals surface area contributed by atoms with Crippen LogP contribution in [0, 0.1) is 5.92 Å². The third-order valence-corrected chi connectivity index (χ3v) is 5.93. The predicted molar refractivity (Wildman–Crippen MR) is 98.0 cm³/mol. The maximum atomic E-state index is 12.8. The Morgan fingerprint density at radius 2 is 2.08 bits per heavy atom. The van der Waals surface area contributed by atoms with Crippen molar-refractivity contribution in [2.24, 2.45) is 5.92 Å². The summed E-state index contributed by atoms with van der Waals surface area (Å²) >= 11 is 0. The molecular weight excluding hydrogens is 328 g/mol.